The van der Waals surface area contributed by atoms with Crippen LogP contribution in [0.4, 0.5) is 14.5 Å². The molecule has 5 nitrogen and oxygen atoms in total. The number of hydrogen-bond acceptors (Lipinski definition) is 4. The molecule has 0 aromatic heterocycles. The van der Waals surface area contributed by atoms with Crippen molar-refractivity contribution in [3.8, 4) is 11.5 Å². The van der Waals surface area contributed by atoms with Crippen LogP contribution in [0.1, 0.15) is 17.3 Å². The highest BCUT2D eigenvalue weighted by Gasteiger charge is 2.14. The lowest BCUT2D eigenvalue weighted by molar-refractivity contribution is 0.101. The number of carbonyl (C=O) groups excluding carboxylic acids is 1. The largest absolute Gasteiger partial charge is 0.452 e. The van der Waals surface area contributed by atoms with Crippen molar-refractivity contribution in [2.45, 2.75) is 6.92 Å². The number of ether oxygens (including phenoxy) is 1. The van der Waals surface area contributed by atoms with Crippen LogP contribution in [0.5, 0.6) is 11.5 Å². The van der Waals surface area contributed by atoms with Crippen molar-refractivity contribution in [1.29, 1.82) is 0 Å². The first-order valence-corrected chi connectivity index (χ1v) is 8.30. The Balaban J connectivity index is 2.46. The summed E-state index contributed by atoms with van der Waals surface area (Å²) in [6.07, 6.45) is 0.926. The van der Waals surface area contributed by atoms with Crippen LogP contribution >= 0.6 is 0 Å². The molecule has 0 unspecified atom stereocenters. The van der Waals surface area contributed by atoms with Gasteiger partial charge in [-0.3, -0.25) is 9.52 Å². The first-order chi connectivity index (χ1) is 10.7. The quantitative estimate of drug-likeness (QED) is 0.847. The van der Waals surface area contributed by atoms with Gasteiger partial charge in [-0.2, -0.15) is 0 Å². The fourth-order valence-corrected chi connectivity index (χ4v) is 2.35. The van der Waals surface area contributed by atoms with Gasteiger partial charge in [0, 0.05) is 11.6 Å². The molecular formula is C15H13F2NO4S. The summed E-state index contributed by atoms with van der Waals surface area (Å²) >= 11 is 0. The predicted octanol–water partition coefficient (Wildman–Crippen LogP) is 3.33. The van der Waals surface area contributed by atoms with E-state index < -0.39 is 21.7 Å². The second-order valence-corrected chi connectivity index (χ2v) is 6.57. The molecule has 0 atom stereocenters. The maximum atomic E-state index is 13.7. The summed E-state index contributed by atoms with van der Waals surface area (Å²) in [5.74, 6) is -2.28. The summed E-state index contributed by atoms with van der Waals surface area (Å²) in [6.45, 7) is 1.32. The molecule has 0 bridgehead atoms. The minimum atomic E-state index is -3.65. The number of anilines is 1. The van der Waals surface area contributed by atoms with Gasteiger partial charge in [-0.05, 0) is 37.3 Å². The third-order valence-electron chi connectivity index (χ3n) is 2.80. The summed E-state index contributed by atoms with van der Waals surface area (Å²) in [7, 11) is -3.65. The van der Waals surface area contributed by atoms with Crippen LogP contribution in [-0.2, 0) is 10.0 Å². The van der Waals surface area contributed by atoms with Crippen LogP contribution in [0.15, 0.2) is 36.4 Å². The third kappa shape index (κ3) is 4.49. The Kier molecular flexibility index (Phi) is 4.65. The Bertz CT molecular complexity index is 866. The lowest BCUT2D eigenvalue weighted by Gasteiger charge is -2.13. The first kappa shape index (κ1) is 16.9. The highest BCUT2D eigenvalue weighted by molar-refractivity contribution is 7.92. The molecule has 23 heavy (non-hydrogen) atoms. The van der Waals surface area contributed by atoms with E-state index in [-0.39, 0.29) is 28.5 Å². The second kappa shape index (κ2) is 6.33. The zero-order valence-corrected chi connectivity index (χ0v) is 13.1. The molecule has 0 aliphatic heterocycles. The fourth-order valence-electron chi connectivity index (χ4n) is 1.79. The zero-order valence-electron chi connectivity index (χ0n) is 12.3. The second-order valence-electron chi connectivity index (χ2n) is 4.82. The van der Waals surface area contributed by atoms with Crippen LogP contribution in [0, 0.1) is 11.6 Å². The van der Waals surface area contributed by atoms with Crippen LogP contribution in [0.2, 0.25) is 0 Å². The summed E-state index contributed by atoms with van der Waals surface area (Å²) in [4.78, 5) is 11.4. The van der Waals surface area contributed by atoms with Gasteiger partial charge in [-0.15, -0.1) is 0 Å². The van der Waals surface area contributed by atoms with E-state index in [1.54, 1.807) is 0 Å². The number of sulfonamides is 1. The van der Waals surface area contributed by atoms with Crippen molar-refractivity contribution in [2.24, 2.45) is 0 Å². The molecule has 2 rings (SSSR count). The average Bonchev–Trinajstić information content (AvgIpc) is 2.41. The molecule has 0 saturated carbocycles. The van der Waals surface area contributed by atoms with Gasteiger partial charge in [0.05, 0.1) is 11.9 Å². The fraction of sp³-hybridized carbons (Fsp3) is 0.133. The van der Waals surface area contributed by atoms with Crippen molar-refractivity contribution >= 4 is 21.5 Å². The average molecular weight is 341 g/mol. The molecule has 2 aromatic carbocycles. The molecule has 0 amide bonds. The number of carbonyl (C=O) groups is 1. The number of rotatable bonds is 5. The highest BCUT2D eigenvalue weighted by atomic mass is 32.2. The van der Waals surface area contributed by atoms with Gasteiger partial charge in [-0.25, -0.2) is 17.2 Å². The Morgan fingerprint density at radius 2 is 1.74 bits per heavy atom. The molecular weight excluding hydrogens is 328 g/mol. The molecule has 0 saturated heterocycles. The molecule has 2 aromatic rings. The van der Waals surface area contributed by atoms with Gasteiger partial charge in [0.25, 0.3) is 0 Å². The Morgan fingerprint density at radius 1 is 1.09 bits per heavy atom. The zero-order chi connectivity index (χ0) is 17.2. The topological polar surface area (TPSA) is 72.5 Å². The number of ketones is 1. The molecule has 0 heterocycles. The monoisotopic (exact) mass is 341 g/mol. The van der Waals surface area contributed by atoms with E-state index in [9.17, 15) is 22.0 Å². The number of Topliss-reactive ketones (excluding diaryl/α,β-unsaturated/α-hetero) is 1. The van der Waals surface area contributed by atoms with E-state index in [0.717, 1.165) is 18.4 Å². The smallest absolute Gasteiger partial charge is 0.229 e. The number of nitrogens with one attached hydrogen (secondary N) is 1. The molecule has 0 aliphatic rings. The van der Waals surface area contributed by atoms with E-state index in [1.807, 2.05) is 0 Å². The molecule has 1 N–H and O–H groups in total. The van der Waals surface area contributed by atoms with Gasteiger partial charge in [0.1, 0.15) is 5.82 Å². The normalized spacial score (nSPS) is 11.1. The van der Waals surface area contributed by atoms with Crippen molar-refractivity contribution in [1.82, 2.24) is 0 Å². The Morgan fingerprint density at radius 3 is 2.30 bits per heavy atom. The molecule has 0 fully saturated rings. The van der Waals surface area contributed by atoms with Gasteiger partial charge in [0.2, 0.25) is 10.0 Å². The van der Waals surface area contributed by atoms with Crippen LogP contribution in [-0.4, -0.2) is 20.5 Å². The van der Waals surface area contributed by atoms with Crippen LogP contribution in [0.25, 0.3) is 0 Å². The lowest BCUT2D eigenvalue weighted by atomic mass is 10.1. The minimum absolute atomic E-state index is 0.0223. The highest BCUT2D eigenvalue weighted by Crippen LogP contribution is 2.32. The summed E-state index contributed by atoms with van der Waals surface area (Å²) in [5, 5.41) is 0. The van der Waals surface area contributed by atoms with Crippen molar-refractivity contribution < 1.29 is 26.7 Å². The van der Waals surface area contributed by atoms with E-state index >= 15 is 0 Å². The summed E-state index contributed by atoms with van der Waals surface area (Å²) in [5.41, 5.74) is 0.229. The maximum Gasteiger partial charge on any atom is 0.229 e. The molecule has 122 valence electrons. The lowest BCUT2D eigenvalue weighted by Crippen LogP contribution is -2.11. The van der Waals surface area contributed by atoms with Crippen molar-refractivity contribution in [2.75, 3.05) is 11.0 Å². The third-order valence-corrected chi connectivity index (χ3v) is 3.39. The van der Waals surface area contributed by atoms with Gasteiger partial charge in [0.15, 0.2) is 23.1 Å². The molecule has 8 heteroatoms. The number of hydrogen-bond donors (Lipinski definition) is 1. The van der Waals surface area contributed by atoms with Gasteiger partial charge < -0.3 is 4.74 Å². The predicted molar refractivity (Wildman–Crippen MR) is 81.3 cm³/mol. The van der Waals surface area contributed by atoms with Crippen LogP contribution in [0.3, 0.4) is 0 Å². The molecule has 0 spiro atoms. The minimum Gasteiger partial charge on any atom is -0.452 e. The van der Waals surface area contributed by atoms with Gasteiger partial charge in [-0.1, -0.05) is 0 Å². The number of halogens is 2. The van der Waals surface area contributed by atoms with Crippen molar-refractivity contribution in [3.05, 3.63) is 53.6 Å². The Hall–Kier alpha value is -2.48. The van der Waals surface area contributed by atoms with E-state index in [4.69, 9.17) is 4.74 Å². The summed E-state index contributed by atoms with van der Waals surface area (Å²) < 4.78 is 56.9. The Labute approximate surface area is 132 Å². The molecule has 0 aliphatic carbocycles. The maximum absolute atomic E-state index is 13.7. The van der Waals surface area contributed by atoms with Gasteiger partial charge >= 0.3 is 0 Å². The number of benzene rings is 2. The van der Waals surface area contributed by atoms with E-state index in [2.05, 4.69) is 4.72 Å². The SMILES string of the molecule is CC(=O)c1ccc(Oc2ccc(F)cc2F)c(NS(C)(=O)=O)c1. The van der Waals surface area contributed by atoms with Crippen molar-refractivity contribution in [3.63, 3.8) is 0 Å². The first-order valence-electron chi connectivity index (χ1n) is 6.41. The standard InChI is InChI=1S/C15H13F2NO4S/c1-9(19)10-3-5-15(13(7-10)18-23(2,20)21)22-14-6-4-11(16)8-12(14)17/h3-8,18H,1-2H3. The van der Waals surface area contributed by atoms with Crippen LogP contribution < -0.4 is 9.46 Å². The summed E-state index contributed by atoms with van der Waals surface area (Å²) in [6, 6.07) is 6.74. The molecule has 0 radical (unpaired) electrons. The van der Waals surface area contributed by atoms with E-state index in [1.165, 1.54) is 25.1 Å². The van der Waals surface area contributed by atoms with E-state index in [0.29, 0.717) is 6.07 Å².